The molecule has 0 saturated heterocycles. The number of ether oxygens (including phenoxy) is 1. The second kappa shape index (κ2) is 7.79. The summed E-state index contributed by atoms with van der Waals surface area (Å²) in [4.78, 5) is 13.9. The maximum absolute atomic E-state index is 11.7. The summed E-state index contributed by atoms with van der Waals surface area (Å²) in [5, 5.41) is 2.73. The molecule has 0 aromatic heterocycles. The van der Waals surface area contributed by atoms with Crippen LogP contribution < -0.4 is 5.32 Å². The number of anilines is 1. The van der Waals surface area contributed by atoms with E-state index in [0.29, 0.717) is 0 Å². The van der Waals surface area contributed by atoms with Gasteiger partial charge in [-0.25, -0.2) is 4.79 Å². The average Bonchev–Trinajstić information content (AvgIpc) is 2.38. The van der Waals surface area contributed by atoms with E-state index in [4.69, 9.17) is 4.74 Å². The summed E-state index contributed by atoms with van der Waals surface area (Å²) in [6.45, 7) is 10.8. The smallest absolute Gasteiger partial charge is 0.411 e. The first-order valence-electron chi connectivity index (χ1n) is 6.81. The van der Waals surface area contributed by atoms with E-state index in [0.717, 1.165) is 30.9 Å². The summed E-state index contributed by atoms with van der Waals surface area (Å²) < 4.78 is 5.33. The zero-order chi connectivity index (χ0) is 14.3. The predicted octanol–water partition coefficient (Wildman–Crippen LogP) is 3.27. The van der Waals surface area contributed by atoms with Crippen LogP contribution in [-0.2, 0) is 4.74 Å². The molecule has 0 fully saturated rings. The first-order valence-corrected chi connectivity index (χ1v) is 6.81. The number of likely N-dealkylation sites (N-methyl/N-ethyl adjacent to an activating group) is 1. The maximum Gasteiger partial charge on any atom is 0.411 e. The quantitative estimate of drug-likeness (QED) is 0.857. The molecule has 19 heavy (non-hydrogen) atoms. The van der Waals surface area contributed by atoms with Crippen molar-refractivity contribution in [2.24, 2.45) is 0 Å². The van der Waals surface area contributed by atoms with Crippen molar-refractivity contribution >= 4 is 11.8 Å². The number of carbonyl (C=O) groups is 1. The van der Waals surface area contributed by atoms with Crippen molar-refractivity contribution in [1.82, 2.24) is 4.90 Å². The third kappa shape index (κ3) is 5.75. The van der Waals surface area contributed by atoms with Gasteiger partial charge < -0.3 is 9.64 Å². The van der Waals surface area contributed by atoms with Gasteiger partial charge >= 0.3 is 6.09 Å². The molecule has 0 spiro atoms. The number of hydrogen-bond donors (Lipinski definition) is 1. The minimum Gasteiger partial charge on any atom is -0.445 e. The molecule has 0 aliphatic carbocycles. The maximum atomic E-state index is 11.7. The standard InChI is InChI=1S/C15H24N2O2/c1-5-17(6-2)11-13(4)19-15(18)16-14-9-7-12(3)8-10-14/h7-10,13H,5-6,11H2,1-4H3,(H,16,18). The lowest BCUT2D eigenvalue weighted by molar-refractivity contribution is 0.0929. The van der Waals surface area contributed by atoms with E-state index in [-0.39, 0.29) is 6.10 Å². The van der Waals surface area contributed by atoms with Crippen molar-refractivity contribution in [3.05, 3.63) is 29.8 Å². The summed E-state index contributed by atoms with van der Waals surface area (Å²) in [5.41, 5.74) is 1.92. The molecule has 0 heterocycles. The lowest BCUT2D eigenvalue weighted by atomic mass is 10.2. The molecule has 0 aliphatic heterocycles. The van der Waals surface area contributed by atoms with Crippen molar-refractivity contribution < 1.29 is 9.53 Å². The Morgan fingerprint density at radius 3 is 2.37 bits per heavy atom. The van der Waals surface area contributed by atoms with Crippen LogP contribution in [-0.4, -0.2) is 36.7 Å². The molecule has 4 nitrogen and oxygen atoms in total. The van der Waals surface area contributed by atoms with E-state index < -0.39 is 6.09 Å². The van der Waals surface area contributed by atoms with E-state index in [9.17, 15) is 4.79 Å². The number of benzene rings is 1. The van der Waals surface area contributed by atoms with Crippen molar-refractivity contribution in [2.75, 3.05) is 25.0 Å². The number of amides is 1. The lowest BCUT2D eigenvalue weighted by Crippen LogP contribution is -2.34. The van der Waals surface area contributed by atoms with E-state index >= 15 is 0 Å². The van der Waals surface area contributed by atoms with Crippen LogP contribution in [0.2, 0.25) is 0 Å². The molecule has 1 rings (SSSR count). The van der Waals surface area contributed by atoms with E-state index in [2.05, 4.69) is 24.1 Å². The van der Waals surface area contributed by atoms with Crippen LogP contribution in [0.5, 0.6) is 0 Å². The van der Waals surface area contributed by atoms with Gasteiger partial charge in [0.25, 0.3) is 0 Å². The van der Waals surface area contributed by atoms with Gasteiger partial charge in [0, 0.05) is 12.2 Å². The van der Waals surface area contributed by atoms with E-state index in [1.165, 1.54) is 0 Å². The van der Waals surface area contributed by atoms with Gasteiger partial charge in [-0.05, 0) is 39.1 Å². The third-order valence-electron chi connectivity index (χ3n) is 3.02. The summed E-state index contributed by atoms with van der Waals surface area (Å²) in [7, 11) is 0. The second-order valence-electron chi connectivity index (χ2n) is 4.69. The highest BCUT2D eigenvalue weighted by Gasteiger charge is 2.12. The number of hydrogen-bond acceptors (Lipinski definition) is 3. The SMILES string of the molecule is CCN(CC)CC(C)OC(=O)Nc1ccc(C)cc1. The van der Waals surface area contributed by atoms with Gasteiger partial charge in [-0.15, -0.1) is 0 Å². The zero-order valence-electron chi connectivity index (χ0n) is 12.3. The van der Waals surface area contributed by atoms with Gasteiger partial charge in [0.15, 0.2) is 0 Å². The third-order valence-corrected chi connectivity index (χ3v) is 3.02. The predicted molar refractivity (Wildman–Crippen MR) is 78.5 cm³/mol. The molecule has 0 aliphatic rings. The topological polar surface area (TPSA) is 41.6 Å². The Hall–Kier alpha value is -1.55. The highest BCUT2D eigenvalue weighted by atomic mass is 16.6. The average molecular weight is 264 g/mol. The fourth-order valence-electron chi connectivity index (χ4n) is 1.85. The van der Waals surface area contributed by atoms with Crippen LogP contribution in [0.4, 0.5) is 10.5 Å². The molecule has 4 heteroatoms. The molecule has 0 bridgehead atoms. The van der Waals surface area contributed by atoms with Crippen LogP contribution >= 0.6 is 0 Å². The summed E-state index contributed by atoms with van der Waals surface area (Å²) in [5.74, 6) is 0. The van der Waals surface area contributed by atoms with E-state index in [1.807, 2.05) is 38.1 Å². The summed E-state index contributed by atoms with van der Waals surface area (Å²) in [6.07, 6.45) is -0.520. The van der Waals surface area contributed by atoms with Gasteiger partial charge in [-0.2, -0.15) is 0 Å². The van der Waals surface area contributed by atoms with E-state index in [1.54, 1.807) is 0 Å². The van der Waals surface area contributed by atoms with Crippen molar-refractivity contribution in [1.29, 1.82) is 0 Å². The molecule has 1 aromatic rings. The Morgan fingerprint density at radius 2 is 1.84 bits per heavy atom. The monoisotopic (exact) mass is 264 g/mol. The van der Waals surface area contributed by atoms with Crippen LogP contribution in [0.3, 0.4) is 0 Å². The minimum absolute atomic E-state index is 0.120. The Morgan fingerprint density at radius 1 is 1.26 bits per heavy atom. The largest absolute Gasteiger partial charge is 0.445 e. The Balaban J connectivity index is 2.40. The normalized spacial score (nSPS) is 12.3. The fraction of sp³-hybridized carbons (Fsp3) is 0.533. The molecule has 1 atom stereocenters. The number of nitrogens with zero attached hydrogens (tertiary/aromatic N) is 1. The van der Waals surface area contributed by atoms with Crippen LogP contribution in [0, 0.1) is 6.92 Å². The second-order valence-corrected chi connectivity index (χ2v) is 4.69. The molecule has 1 unspecified atom stereocenters. The molecule has 1 amide bonds. The van der Waals surface area contributed by atoms with Gasteiger partial charge in [0.1, 0.15) is 6.10 Å². The Bertz CT molecular complexity index is 386. The van der Waals surface area contributed by atoms with Crippen molar-refractivity contribution in [3.8, 4) is 0 Å². The van der Waals surface area contributed by atoms with Crippen LogP contribution in [0.15, 0.2) is 24.3 Å². The highest BCUT2D eigenvalue weighted by molar-refractivity contribution is 5.84. The number of carbonyl (C=O) groups excluding carboxylic acids is 1. The molecule has 0 radical (unpaired) electrons. The number of rotatable bonds is 6. The van der Waals surface area contributed by atoms with Gasteiger partial charge in [0.05, 0.1) is 0 Å². The number of nitrogens with one attached hydrogen (secondary N) is 1. The van der Waals surface area contributed by atoms with Gasteiger partial charge in [0.2, 0.25) is 0 Å². The fourth-order valence-corrected chi connectivity index (χ4v) is 1.85. The molecule has 0 saturated carbocycles. The minimum atomic E-state index is -0.400. The molecular weight excluding hydrogens is 240 g/mol. The molecule has 1 N–H and O–H groups in total. The Kier molecular flexibility index (Phi) is 6.36. The highest BCUT2D eigenvalue weighted by Crippen LogP contribution is 2.09. The van der Waals surface area contributed by atoms with Crippen molar-refractivity contribution in [3.63, 3.8) is 0 Å². The molecule has 1 aromatic carbocycles. The molecule has 106 valence electrons. The zero-order valence-corrected chi connectivity index (χ0v) is 12.3. The first kappa shape index (κ1) is 15.5. The number of aryl methyl sites for hydroxylation is 1. The van der Waals surface area contributed by atoms with Crippen LogP contribution in [0.25, 0.3) is 0 Å². The summed E-state index contributed by atoms with van der Waals surface area (Å²) in [6, 6.07) is 7.64. The van der Waals surface area contributed by atoms with Crippen molar-refractivity contribution in [2.45, 2.75) is 33.8 Å². The molecular formula is C15H24N2O2. The summed E-state index contributed by atoms with van der Waals surface area (Å²) >= 11 is 0. The van der Waals surface area contributed by atoms with Gasteiger partial charge in [-0.3, -0.25) is 5.32 Å². The Labute approximate surface area is 115 Å². The van der Waals surface area contributed by atoms with Gasteiger partial charge in [-0.1, -0.05) is 31.5 Å². The lowest BCUT2D eigenvalue weighted by Gasteiger charge is -2.22. The first-order chi connectivity index (χ1) is 9.05. The van der Waals surface area contributed by atoms with Crippen LogP contribution in [0.1, 0.15) is 26.3 Å².